The van der Waals surface area contributed by atoms with Gasteiger partial charge in [-0.15, -0.1) is 11.8 Å². The number of fused-ring (bicyclic) bond motifs is 1. The lowest BCUT2D eigenvalue weighted by atomic mass is 10.2. The number of nitrogens with zero attached hydrogens (tertiary/aromatic N) is 1. The molecular weight excluding hydrogens is 354 g/mol. The Hall–Kier alpha value is -3.05. The lowest BCUT2D eigenvalue weighted by Crippen LogP contribution is -2.14. The molecular formula is C22H19N3OS. The van der Waals surface area contributed by atoms with E-state index in [0.717, 1.165) is 33.9 Å². The van der Waals surface area contributed by atoms with Crippen LogP contribution < -0.4 is 5.32 Å². The minimum absolute atomic E-state index is 0.00214. The molecule has 4 rings (SSSR count). The summed E-state index contributed by atoms with van der Waals surface area (Å²) in [5.74, 6) is 2.04. The van der Waals surface area contributed by atoms with Gasteiger partial charge in [-0.3, -0.25) is 4.79 Å². The maximum Gasteiger partial charge on any atom is 0.234 e. The van der Waals surface area contributed by atoms with Crippen LogP contribution in [0.4, 0.5) is 5.69 Å². The van der Waals surface area contributed by atoms with Crippen LogP contribution in [0.1, 0.15) is 5.56 Å². The molecule has 0 fully saturated rings. The van der Waals surface area contributed by atoms with Crippen molar-refractivity contribution >= 4 is 34.4 Å². The molecule has 3 aromatic carbocycles. The second kappa shape index (κ2) is 8.10. The Kier molecular flexibility index (Phi) is 5.21. The second-order valence-corrected chi connectivity index (χ2v) is 7.20. The summed E-state index contributed by atoms with van der Waals surface area (Å²) >= 11 is 1.61. The van der Waals surface area contributed by atoms with E-state index < -0.39 is 0 Å². The van der Waals surface area contributed by atoms with Crippen molar-refractivity contribution in [3.8, 4) is 11.4 Å². The van der Waals surface area contributed by atoms with Gasteiger partial charge in [-0.05, 0) is 29.8 Å². The largest absolute Gasteiger partial charge is 0.338 e. The number of hydrogen-bond acceptors (Lipinski definition) is 3. The number of thioether (sulfide) groups is 1. The van der Waals surface area contributed by atoms with E-state index in [2.05, 4.69) is 27.4 Å². The standard InChI is InChI=1S/C22H19N3OS/c26-21(15-27-14-16-7-2-1-3-8-16)23-18-10-6-9-17(13-18)22-24-19-11-4-5-12-20(19)25-22/h1-13H,14-15H2,(H,23,26)(H,24,25). The number of nitrogens with one attached hydrogen (secondary N) is 2. The van der Waals surface area contributed by atoms with Gasteiger partial charge in [-0.2, -0.15) is 0 Å². The molecule has 1 amide bonds. The molecule has 0 aliphatic carbocycles. The molecule has 134 valence electrons. The molecule has 0 saturated carbocycles. The number of hydrogen-bond donors (Lipinski definition) is 2. The van der Waals surface area contributed by atoms with Crippen LogP contribution in [0, 0.1) is 0 Å². The maximum atomic E-state index is 12.2. The molecule has 0 saturated heterocycles. The molecule has 0 atom stereocenters. The highest BCUT2D eigenvalue weighted by Crippen LogP contribution is 2.23. The van der Waals surface area contributed by atoms with Gasteiger partial charge in [0, 0.05) is 17.0 Å². The first-order valence-corrected chi connectivity index (χ1v) is 9.90. The minimum atomic E-state index is -0.00214. The Labute approximate surface area is 162 Å². The highest BCUT2D eigenvalue weighted by atomic mass is 32.2. The second-order valence-electron chi connectivity index (χ2n) is 6.21. The zero-order valence-corrected chi connectivity index (χ0v) is 15.5. The van der Waals surface area contributed by atoms with Gasteiger partial charge in [0.05, 0.1) is 16.8 Å². The van der Waals surface area contributed by atoms with Crippen molar-refractivity contribution in [1.82, 2.24) is 9.97 Å². The molecule has 5 heteroatoms. The summed E-state index contributed by atoms with van der Waals surface area (Å²) in [7, 11) is 0. The summed E-state index contributed by atoms with van der Waals surface area (Å²) in [6, 6.07) is 25.8. The van der Waals surface area contributed by atoms with E-state index in [1.165, 1.54) is 5.56 Å². The van der Waals surface area contributed by atoms with Gasteiger partial charge in [-0.1, -0.05) is 54.6 Å². The molecule has 0 bridgehead atoms. The van der Waals surface area contributed by atoms with Crippen molar-refractivity contribution < 1.29 is 4.79 Å². The first-order chi connectivity index (χ1) is 13.3. The van der Waals surface area contributed by atoms with E-state index in [0.29, 0.717) is 5.75 Å². The van der Waals surface area contributed by atoms with Gasteiger partial charge >= 0.3 is 0 Å². The number of anilines is 1. The summed E-state index contributed by atoms with van der Waals surface area (Å²) < 4.78 is 0. The predicted molar refractivity (Wildman–Crippen MR) is 113 cm³/mol. The number of benzene rings is 3. The van der Waals surface area contributed by atoms with Crippen molar-refractivity contribution in [2.24, 2.45) is 0 Å². The summed E-state index contributed by atoms with van der Waals surface area (Å²) in [4.78, 5) is 20.2. The van der Waals surface area contributed by atoms with Crippen LogP contribution in [0.5, 0.6) is 0 Å². The van der Waals surface area contributed by atoms with Crippen LogP contribution in [-0.4, -0.2) is 21.6 Å². The van der Waals surface area contributed by atoms with Crippen molar-refractivity contribution in [2.75, 3.05) is 11.1 Å². The van der Waals surface area contributed by atoms with Crippen LogP contribution in [0.15, 0.2) is 78.9 Å². The normalized spacial score (nSPS) is 10.8. The van der Waals surface area contributed by atoms with E-state index in [1.807, 2.05) is 66.7 Å². The van der Waals surface area contributed by atoms with Gasteiger partial charge in [0.1, 0.15) is 5.82 Å². The summed E-state index contributed by atoms with van der Waals surface area (Å²) in [5, 5.41) is 2.97. The number of amides is 1. The van der Waals surface area contributed by atoms with Crippen LogP contribution in [0.2, 0.25) is 0 Å². The fourth-order valence-electron chi connectivity index (χ4n) is 2.87. The highest BCUT2D eigenvalue weighted by molar-refractivity contribution is 7.99. The number of imidazole rings is 1. The van der Waals surface area contributed by atoms with Gasteiger partial charge in [0.15, 0.2) is 0 Å². The van der Waals surface area contributed by atoms with E-state index in [1.54, 1.807) is 11.8 Å². The van der Waals surface area contributed by atoms with E-state index >= 15 is 0 Å². The van der Waals surface area contributed by atoms with Crippen LogP contribution in [-0.2, 0) is 10.5 Å². The molecule has 4 aromatic rings. The van der Waals surface area contributed by atoms with Gasteiger partial charge in [0.25, 0.3) is 0 Å². The van der Waals surface area contributed by atoms with Crippen LogP contribution >= 0.6 is 11.8 Å². The highest BCUT2D eigenvalue weighted by Gasteiger charge is 2.07. The number of carbonyl (C=O) groups excluding carboxylic acids is 1. The first kappa shape index (κ1) is 17.4. The minimum Gasteiger partial charge on any atom is -0.338 e. The topological polar surface area (TPSA) is 57.8 Å². The van der Waals surface area contributed by atoms with Crippen molar-refractivity contribution in [3.05, 3.63) is 84.4 Å². The van der Waals surface area contributed by atoms with Gasteiger partial charge < -0.3 is 10.3 Å². The zero-order valence-electron chi connectivity index (χ0n) is 14.7. The first-order valence-electron chi connectivity index (χ1n) is 8.75. The molecule has 0 radical (unpaired) electrons. The quantitative estimate of drug-likeness (QED) is 0.494. The smallest absolute Gasteiger partial charge is 0.234 e. The number of aromatic nitrogens is 2. The number of H-pyrrole nitrogens is 1. The third-order valence-electron chi connectivity index (χ3n) is 4.15. The molecule has 0 aliphatic heterocycles. The molecule has 0 unspecified atom stereocenters. The molecule has 0 aliphatic rings. The number of carbonyl (C=O) groups is 1. The zero-order chi connectivity index (χ0) is 18.5. The summed E-state index contributed by atoms with van der Waals surface area (Å²) in [6.07, 6.45) is 0. The summed E-state index contributed by atoms with van der Waals surface area (Å²) in [6.45, 7) is 0. The van der Waals surface area contributed by atoms with E-state index in [4.69, 9.17) is 0 Å². The van der Waals surface area contributed by atoms with Gasteiger partial charge in [0.2, 0.25) is 5.91 Å². The van der Waals surface area contributed by atoms with Crippen molar-refractivity contribution in [3.63, 3.8) is 0 Å². The number of para-hydroxylation sites is 2. The summed E-state index contributed by atoms with van der Waals surface area (Å²) in [5.41, 5.74) is 4.87. The Balaban J connectivity index is 1.39. The third kappa shape index (κ3) is 4.38. The predicted octanol–water partition coefficient (Wildman–Crippen LogP) is 5.10. The van der Waals surface area contributed by atoms with E-state index in [9.17, 15) is 4.79 Å². The Morgan fingerprint density at radius 3 is 2.63 bits per heavy atom. The van der Waals surface area contributed by atoms with Crippen molar-refractivity contribution in [1.29, 1.82) is 0 Å². The maximum absolute atomic E-state index is 12.2. The average Bonchev–Trinajstić information content (AvgIpc) is 3.13. The van der Waals surface area contributed by atoms with E-state index in [-0.39, 0.29) is 5.91 Å². The SMILES string of the molecule is O=C(CSCc1ccccc1)Nc1cccc(-c2nc3ccccc3[nH]2)c1. The average molecular weight is 373 g/mol. The lowest BCUT2D eigenvalue weighted by Gasteiger charge is -2.07. The third-order valence-corrected chi connectivity index (χ3v) is 5.16. The van der Waals surface area contributed by atoms with Crippen LogP contribution in [0.25, 0.3) is 22.4 Å². The fourth-order valence-corrected chi connectivity index (χ4v) is 3.65. The molecule has 2 N–H and O–H groups in total. The molecule has 4 nitrogen and oxygen atoms in total. The lowest BCUT2D eigenvalue weighted by molar-refractivity contribution is -0.113. The molecule has 27 heavy (non-hydrogen) atoms. The monoisotopic (exact) mass is 373 g/mol. The van der Waals surface area contributed by atoms with Gasteiger partial charge in [-0.25, -0.2) is 4.98 Å². The molecule has 0 spiro atoms. The fraction of sp³-hybridized carbons (Fsp3) is 0.0909. The van der Waals surface area contributed by atoms with Crippen molar-refractivity contribution in [2.45, 2.75) is 5.75 Å². The number of aromatic amines is 1. The Morgan fingerprint density at radius 2 is 1.78 bits per heavy atom. The molecule has 1 aromatic heterocycles. The Morgan fingerprint density at radius 1 is 0.963 bits per heavy atom. The number of rotatable bonds is 6. The Bertz CT molecular complexity index is 1030. The molecule has 1 heterocycles. The van der Waals surface area contributed by atoms with Crippen LogP contribution in [0.3, 0.4) is 0 Å².